The van der Waals surface area contributed by atoms with Crippen LogP contribution in [0.5, 0.6) is 0 Å². The molecule has 0 saturated carbocycles. The van der Waals surface area contributed by atoms with Gasteiger partial charge in [-0.05, 0) is 79.6 Å². The molecular weight excluding hydrogens is 397 g/mol. The van der Waals surface area contributed by atoms with Crippen molar-refractivity contribution in [1.29, 1.82) is 0 Å². The van der Waals surface area contributed by atoms with E-state index in [1.165, 1.54) is 12.1 Å². The maximum atomic E-state index is 13.0. The number of halogens is 2. The highest BCUT2D eigenvalue weighted by Crippen LogP contribution is 2.36. The van der Waals surface area contributed by atoms with E-state index < -0.39 is 7.05 Å². The Morgan fingerprint density at radius 3 is 2.55 bits per heavy atom. The summed E-state index contributed by atoms with van der Waals surface area (Å²) in [5.41, 5.74) is 1.63. The monoisotopic (exact) mass is 414 g/mol. The lowest BCUT2D eigenvalue weighted by atomic mass is 9.80. The van der Waals surface area contributed by atoms with Gasteiger partial charge in [-0.1, -0.05) is 5.16 Å². The van der Waals surface area contributed by atoms with Gasteiger partial charge in [0.05, 0.1) is 3.57 Å². The lowest BCUT2D eigenvalue weighted by Gasteiger charge is -2.31. The number of rotatable bonds is 3. The zero-order valence-electron chi connectivity index (χ0n) is 12.3. The number of hydrogen-bond acceptors (Lipinski definition) is 4. The summed E-state index contributed by atoms with van der Waals surface area (Å²) in [5.74, 6) is 0.974. The molecule has 0 amide bonds. The van der Waals surface area contributed by atoms with Crippen LogP contribution in [0.25, 0.3) is 11.3 Å². The predicted octanol–water partition coefficient (Wildman–Crippen LogP) is 3.38. The molecular formula is C15H17BFIN2O2. The van der Waals surface area contributed by atoms with E-state index in [1.807, 2.05) is 0 Å². The Hall–Kier alpha value is -0.925. The molecule has 0 bridgehead atoms. The summed E-state index contributed by atoms with van der Waals surface area (Å²) in [4.78, 5) is 2.06. The SMILES string of the molecule is CB(O)N1CCC(c2onc(-c3ccc(F)cc3)c2I)CC1. The van der Waals surface area contributed by atoms with E-state index in [9.17, 15) is 9.41 Å². The van der Waals surface area contributed by atoms with E-state index in [2.05, 4.69) is 32.6 Å². The Morgan fingerprint density at radius 2 is 1.95 bits per heavy atom. The number of piperidine rings is 1. The molecule has 0 radical (unpaired) electrons. The van der Waals surface area contributed by atoms with Gasteiger partial charge >= 0.3 is 7.05 Å². The van der Waals surface area contributed by atoms with E-state index >= 15 is 0 Å². The lowest BCUT2D eigenvalue weighted by Crippen LogP contribution is -2.42. The van der Waals surface area contributed by atoms with E-state index in [0.717, 1.165) is 46.5 Å². The number of nitrogens with zero attached hydrogens (tertiary/aromatic N) is 2. The molecule has 2 heterocycles. The highest BCUT2D eigenvalue weighted by molar-refractivity contribution is 14.1. The molecule has 116 valence electrons. The van der Waals surface area contributed by atoms with Crippen molar-refractivity contribution in [3.63, 3.8) is 0 Å². The van der Waals surface area contributed by atoms with Gasteiger partial charge in [-0.3, -0.25) is 0 Å². The van der Waals surface area contributed by atoms with Crippen LogP contribution >= 0.6 is 22.6 Å². The number of aromatic nitrogens is 1. The van der Waals surface area contributed by atoms with Crippen LogP contribution in [0, 0.1) is 9.39 Å². The fourth-order valence-corrected chi connectivity index (χ4v) is 3.82. The molecule has 0 unspecified atom stereocenters. The third-order valence-electron chi connectivity index (χ3n) is 4.21. The molecule has 0 spiro atoms. The zero-order chi connectivity index (χ0) is 15.7. The fraction of sp³-hybridized carbons (Fsp3) is 0.400. The molecule has 1 aromatic carbocycles. The van der Waals surface area contributed by atoms with Gasteiger partial charge in [0.25, 0.3) is 0 Å². The molecule has 1 fully saturated rings. The first-order valence-electron chi connectivity index (χ1n) is 7.39. The van der Waals surface area contributed by atoms with Crippen molar-refractivity contribution in [2.75, 3.05) is 13.1 Å². The second-order valence-electron chi connectivity index (χ2n) is 5.66. The van der Waals surface area contributed by atoms with Crippen molar-refractivity contribution in [1.82, 2.24) is 9.97 Å². The zero-order valence-corrected chi connectivity index (χ0v) is 14.5. The summed E-state index contributed by atoms with van der Waals surface area (Å²) in [6, 6.07) is 6.30. The molecule has 2 aromatic rings. The van der Waals surface area contributed by atoms with E-state index in [-0.39, 0.29) is 5.82 Å². The average Bonchev–Trinajstić information content (AvgIpc) is 2.90. The minimum Gasteiger partial charge on any atom is -0.437 e. The van der Waals surface area contributed by atoms with Crippen LogP contribution in [0.2, 0.25) is 6.82 Å². The summed E-state index contributed by atoms with van der Waals surface area (Å²) in [7, 11) is -0.399. The van der Waals surface area contributed by atoms with Gasteiger partial charge in [0.2, 0.25) is 0 Å². The molecule has 3 rings (SSSR count). The topological polar surface area (TPSA) is 49.5 Å². The maximum Gasteiger partial charge on any atom is 0.376 e. The van der Waals surface area contributed by atoms with E-state index in [0.29, 0.717) is 5.92 Å². The molecule has 1 aliphatic rings. The van der Waals surface area contributed by atoms with E-state index in [1.54, 1.807) is 19.0 Å². The minimum atomic E-state index is -0.399. The van der Waals surface area contributed by atoms with Gasteiger partial charge in [-0.15, -0.1) is 0 Å². The first-order chi connectivity index (χ1) is 10.6. The van der Waals surface area contributed by atoms with Crippen molar-refractivity contribution < 1.29 is 13.9 Å². The van der Waals surface area contributed by atoms with Gasteiger partial charge in [0.15, 0.2) is 5.76 Å². The first-order valence-corrected chi connectivity index (χ1v) is 8.47. The molecule has 22 heavy (non-hydrogen) atoms. The largest absolute Gasteiger partial charge is 0.437 e. The summed E-state index contributed by atoms with van der Waals surface area (Å²) in [6.07, 6.45) is 1.89. The predicted molar refractivity (Wildman–Crippen MR) is 92.0 cm³/mol. The Labute approximate surface area is 142 Å². The molecule has 1 saturated heterocycles. The van der Waals surface area contributed by atoms with Crippen molar-refractivity contribution >= 4 is 29.6 Å². The highest BCUT2D eigenvalue weighted by Gasteiger charge is 2.29. The van der Waals surface area contributed by atoms with Gasteiger partial charge in [-0.25, -0.2) is 4.39 Å². The Bertz CT molecular complexity index is 639. The standard InChI is InChI=1S/C15H17BFIN2O2/c1-16(21)20-8-6-11(7-9-20)15-13(18)14(19-22-15)10-2-4-12(17)5-3-10/h2-5,11,21H,6-9H2,1H3. The quantitative estimate of drug-likeness (QED) is 0.619. The third-order valence-corrected chi connectivity index (χ3v) is 5.25. The van der Waals surface area contributed by atoms with Crippen LogP contribution in [-0.4, -0.2) is 35.1 Å². The first kappa shape index (κ1) is 16.0. The summed E-state index contributed by atoms with van der Waals surface area (Å²) >= 11 is 2.26. The molecule has 0 atom stereocenters. The van der Waals surface area contributed by atoms with Crippen LogP contribution in [0.15, 0.2) is 28.8 Å². The summed E-state index contributed by atoms with van der Waals surface area (Å²) < 4.78 is 19.6. The smallest absolute Gasteiger partial charge is 0.376 e. The van der Waals surface area contributed by atoms with Crippen LogP contribution < -0.4 is 0 Å². The molecule has 1 N–H and O–H groups in total. The molecule has 7 heteroatoms. The Balaban J connectivity index is 1.78. The Morgan fingerprint density at radius 1 is 1.32 bits per heavy atom. The third kappa shape index (κ3) is 3.21. The normalized spacial score (nSPS) is 16.9. The molecule has 4 nitrogen and oxygen atoms in total. The maximum absolute atomic E-state index is 13.0. The Kier molecular flexibility index (Phi) is 4.84. The van der Waals surface area contributed by atoms with Crippen molar-refractivity contribution in [2.45, 2.75) is 25.6 Å². The van der Waals surface area contributed by atoms with Crippen molar-refractivity contribution in [3.05, 3.63) is 39.4 Å². The minimum absolute atomic E-state index is 0.257. The van der Waals surface area contributed by atoms with Gasteiger partial charge in [-0.2, -0.15) is 0 Å². The summed E-state index contributed by atoms with van der Waals surface area (Å²) in [5, 5.41) is 13.8. The number of benzene rings is 1. The summed E-state index contributed by atoms with van der Waals surface area (Å²) in [6.45, 7) is 3.50. The van der Waals surface area contributed by atoms with Gasteiger partial charge < -0.3 is 14.4 Å². The lowest BCUT2D eigenvalue weighted by molar-refractivity contribution is 0.257. The van der Waals surface area contributed by atoms with Crippen LogP contribution in [0.1, 0.15) is 24.5 Å². The van der Waals surface area contributed by atoms with Crippen LogP contribution in [-0.2, 0) is 0 Å². The van der Waals surface area contributed by atoms with Gasteiger partial charge in [0.1, 0.15) is 11.5 Å². The molecule has 0 aliphatic carbocycles. The van der Waals surface area contributed by atoms with Crippen molar-refractivity contribution in [3.8, 4) is 11.3 Å². The average molecular weight is 414 g/mol. The van der Waals surface area contributed by atoms with Gasteiger partial charge in [0, 0.05) is 11.5 Å². The molecule has 1 aliphatic heterocycles. The van der Waals surface area contributed by atoms with E-state index in [4.69, 9.17) is 4.52 Å². The second-order valence-corrected chi connectivity index (χ2v) is 6.74. The van der Waals surface area contributed by atoms with Crippen LogP contribution in [0.4, 0.5) is 4.39 Å². The number of hydrogen-bond donors (Lipinski definition) is 1. The fourth-order valence-electron chi connectivity index (χ4n) is 2.87. The highest BCUT2D eigenvalue weighted by atomic mass is 127. The van der Waals surface area contributed by atoms with Crippen LogP contribution in [0.3, 0.4) is 0 Å². The molecule has 1 aromatic heterocycles. The second kappa shape index (κ2) is 6.68. The van der Waals surface area contributed by atoms with Crippen molar-refractivity contribution in [2.24, 2.45) is 0 Å².